The van der Waals surface area contributed by atoms with Crippen LogP contribution < -0.4 is 0 Å². The standard InChI is InChI=1S/C17H16ClIN2/c18-10-8-17-20-15-12-14(19)6-7-16(15)21(17)11-9-13-4-2-1-3-5-13/h1-7,12H,8-11H2. The van der Waals surface area contributed by atoms with E-state index in [2.05, 4.69) is 75.7 Å². The topological polar surface area (TPSA) is 17.8 Å². The monoisotopic (exact) mass is 410 g/mol. The summed E-state index contributed by atoms with van der Waals surface area (Å²) in [5, 5.41) is 0. The third kappa shape index (κ3) is 3.40. The Balaban J connectivity index is 1.93. The molecule has 0 atom stereocenters. The Labute approximate surface area is 143 Å². The van der Waals surface area contributed by atoms with Crippen LogP contribution in [0.15, 0.2) is 48.5 Å². The van der Waals surface area contributed by atoms with Gasteiger partial charge < -0.3 is 4.57 Å². The molecule has 21 heavy (non-hydrogen) atoms. The Hall–Kier alpha value is -1.07. The molecule has 0 N–H and O–H groups in total. The van der Waals surface area contributed by atoms with E-state index in [1.165, 1.54) is 14.7 Å². The van der Waals surface area contributed by atoms with Gasteiger partial charge in [-0.05, 0) is 52.8 Å². The summed E-state index contributed by atoms with van der Waals surface area (Å²) in [5.41, 5.74) is 3.61. The summed E-state index contributed by atoms with van der Waals surface area (Å²) in [4.78, 5) is 4.75. The second-order valence-electron chi connectivity index (χ2n) is 4.99. The number of nitrogens with zero attached hydrogens (tertiary/aromatic N) is 2. The number of hydrogen-bond donors (Lipinski definition) is 0. The van der Waals surface area contributed by atoms with Gasteiger partial charge in [0.15, 0.2) is 0 Å². The van der Waals surface area contributed by atoms with Crippen molar-refractivity contribution in [1.29, 1.82) is 0 Å². The number of aryl methyl sites for hydroxylation is 3. The molecule has 0 unspecified atom stereocenters. The molecule has 2 nitrogen and oxygen atoms in total. The number of rotatable bonds is 5. The molecule has 1 heterocycles. The minimum Gasteiger partial charge on any atom is -0.328 e. The van der Waals surface area contributed by atoms with Gasteiger partial charge in [0.1, 0.15) is 5.82 Å². The molecule has 0 fully saturated rings. The fourth-order valence-electron chi connectivity index (χ4n) is 2.56. The maximum atomic E-state index is 5.93. The predicted molar refractivity (Wildman–Crippen MR) is 97.0 cm³/mol. The van der Waals surface area contributed by atoms with Gasteiger partial charge in [-0.3, -0.25) is 0 Å². The highest BCUT2D eigenvalue weighted by molar-refractivity contribution is 14.1. The number of imidazole rings is 1. The maximum Gasteiger partial charge on any atom is 0.111 e. The van der Waals surface area contributed by atoms with E-state index in [1.54, 1.807) is 0 Å². The van der Waals surface area contributed by atoms with E-state index in [4.69, 9.17) is 16.6 Å². The number of hydrogen-bond acceptors (Lipinski definition) is 1. The lowest BCUT2D eigenvalue weighted by Gasteiger charge is -2.08. The molecule has 2 aromatic carbocycles. The van der Waals surface area contributed by atoms with Gasteiger partial charge in [-0.15, -0.1) is 11.6 Å². The van der Waals surface area contributed by atoms with Crippen LogP contribution >= 0.6 is 34.2 Å². The first kappa shape index (κ1) is 14.9. The van der Waals surface area contributed by atoms with Gasteiger partial charge >= 0.3 is 0 Å². The van der Waals surface area contributed by atoms with Gasteiger partial charge in [-0.1, -0.05) is 30.3 Å². The Morgan fingerprint density at radius 2 is 1.86 bits per heavy atom. The van der Waals surface area contributed by atoms with Crippen molar-refractivity contribution in [2.24, 2.45) is 0 Å². The lowest BCUT2D eigenvalue weighted by Crippen LogP contribution is -2.07. The number of aromatic nitrogens is 2. The molecule has 0 aliphatic heterocycles. The van der Waals surface area contributed by atoms with Gasteiger partial charge in [0, 0.05) is 22.4 Å². The summed E-state index contributed by atoms with van der Waals surface area (Å²) in [6.07, 6.45) is 1.81. The lowest BCUT2D eigenvalue weighted by molar-refractivity contribution is 0.675. The van der Waals surface area contributed by atoms with Crippen LogP contribution in [0.25, 0.3) is 11.0 Å². The van der Waals surface area contributed by atoms with Crippen LogP contribution in [0.4, 0.5) is 0 Å². The quantitative estimate of drug-likeness (QED) is 0.442. The van der Waals surface area contributed by atoms with Crippen molar-refractivity contribution < 1.29 is 0 Å². The second kappa shape index (κ2) is 6.79. The summed E-state index contributed by atoms with van der Waals surface area (Å²) >= 11 is 8.25. The largest absolute Gasteiger partial charge is 0.328 e. The lowest BCUT2D eigenvalue weighted by atomic mass is 10.1. The van der Waals surface area contributed by atoms with Crippen molar-refractivity contribution in [3.8, 4) is 0 Å². The van der Waals surface area contributed by atoms with Crippen LogP contribution in [-0.4, -0.2) is 15.4 Å². The van der Waals surface area contributed by atoms with Crippen LogP contribution in [0.3, 0.4) is 0 Å². The average Bonchev–Trinajstić information content (AvgIpc) is 2.83. The Morgan fingerprint density at radius 1 is 1.05 bits per heavy atom. The first-order valence-corrected chi connectivity index (χ1v) is 8.64. The summed E-state index contributed by atoms with van der Waals surface area (Å²) in [6.45, 7) is 0.938. The van der Waals surface area contributed by atoms with Crippen molar-refractivity contribution >= 4 is 45.2 Å². The smallest absolute Gasteiger partial charge is 0.111 e. The highest BCUT2D eigenvalue weighted by atomic mass is 127. The molecule has 0 aliphatic carbocycles. The molecule has 0 spiro atoms. The third-order valence-corrected chi connectivity index (χ3v) is 4.43. The van der Waals surface area contributed by atoms with Crippen LogP contribution in [0.5, 0.6) is 0 Å². The van der Waals surface area contributed by atoms with Gasteiger partial charge in [0.05, 0.1) is 11.0 Å². The fraction of sp³-hybridized carbons (Fsp3) is 0.235. The van der Waals surface area contributed by atoms with E-state index >= 15 is 0 Å². The molecule has 1 aromatic heterocycles. The molecule has 0 amide bonds. The first-order chi connectivity index (χ1) is 10.3. The fourth-order valence-corrected chi connectivity index (χ4v) is 3.21. The van der Waals surface area contributed by atoms with Crippen LogP contribution in [0, 0.1) is 3.57 Å². The zero-order valence-electron chi connectivity index (χ0n) is 11.6. The molecule has 3 rings (SSSR count). The predicted octanol–water partition coefficient (Wildman–Crippen LogP) is 4.66. The summed E-state index contributed by atoms with van der Waals surface area (Å²) in [7, 11) is 0. The minimum atomic E-state index is 0.603. The van der Waals surface area contributed by atoms with E-state index in [0.717, 1.165) is 30.7 Å². The van der Waals surface area contributed by atoms with Crippen LogP contribution in [0.1, 0.15) is 11.4 Å². The third-order valence-electron chi connectivity index (χ3n) is 3.57. The molecule has 0 aliphatic rings. The first-order valence-electron chi connectivity index (χ1n) is 7.02. The van der Waals surface area contributed by atoms with E-state index in [0.29, 0.717) is 5.88 Å². The molecule has 3 aromatic rings. The Bertz CT molecular complexity index is 737. The molecule has 4 heteroatoms. The minimum absolute atomic E-state index is 0.603. The van der Waals surface area contributed by atoms with Crippen molar-refractivity contribution in [2.45, 2.75) is 19.4 Å². The summed E-state index contributed by atoms with van der Waals surface area (Å²) < 4.78 is 3.52. The van der Waals surface area contributed by atoms with E-state index in [1.807, 2.05) is 0 Å². The highest BCUT2D eigenvalue weighted by Gasteiger charge is 2.10. The Morgan fingerprint density at radius 3 is 2.62 bits per heavy atom. The van der Waals surface area contributed by atoms with Crippen molar-refractivity contribution in [3.63, 3.8) is 0 Å². The zero-order valence-corrected chi connectivity index (χ0v) is 14.5. The van der Waals surface area contributed by atoms with Crippen LogP contribution in [0.2, 0.25) is 0 Å². The van der Waals surface area contributed by atoms with E-state index in [-0.39, 0.29) is 0 Å². The van der Waals surface area contributed by atoms with Gasteiger partial charge in [-0.25, -0.2) is 4.98 Å². The van der Waals surface area contributed by atoms with Gasteiger partial charge in [-0.2, -0.15) is 0 Å². The average molecular weight is 411 g/mol. The number of benzene rings is 2. The molecule has 0 saturated heterocycles. The molecule has 0 saturated carbocycles. The summed E-state index contributed by atoms with van der Waals surface area (Å²) in [6, 6.07) is 17.0. The molecular weight excluding hydrogens is 395 g/mol. The highest BCUT2D eigenvalue weighted by Crippen LogP contribution is 2.20. The normalized spacial score (nSPS) is 11.1. The summed E-state index contributed by atoms with van der Waals surface area (Å²) in [5.74, 6) is 1.68. The number of alkyl halides is 1. The van der Waals surface area contributed by atoms with Crippen LogP contribution in [-0.2, 0) is 19.4 Å². The molecular formula is C17H16ClIN2. The maximum absolute atomic E-state index is 5.93. The molecule has 108 valence electrons. The number of halogens is 2. The van der Waals surface area contributed by atoms with Crippen molar-refractivity contribution in [3.05, 3.63) is 63.5 Å². The van der Waals surface area contributed by atoms with E-state index < -0.39 is 0 Å². The molecule has 0 radical (unpaired) electrons. The second-order valence-corrected chi connectivity index (χ2v) is 6.61. The van der Waals surface area contributed by atoms with E-state index in [9.17, 15) is 0 Å². The Kier molecular flexibility index (Phi) is 4.80. The van der Waals surface area contributed by atoms with Crippen molar-refractivity contribution in [1.82, 2.24) is 9.55 Å². The zero-order chi connectivity index (χ0) is 14.7. The SMILES string of the molecule is ClCCc1nc2cc(I)ccc2n1CCc1ccccc1. The van der Waals surface area contributed by atoms with Crippen molar-refractivity contribution in [2.75, 3.05) is 5.88 Å². The van der Waals surface area contributed by atoms with Gasteiger partial charge in [0.2, 0.25) is 0 Å². The van der Waals surface area contributed by atoms with Gasteiger partial charge in [0.25, 0.3) is 0 Å². The number of fused-ring (bicyclic) bond motifs is 1. The molecule has 0 bridgehead atoms.